The maximum absolute atomic E-state index is 12.8. The first-order valence-corrected chi connectivity index (χ1v) is 11.6. The quantitative estimate of drug-likeness (QED) is 0.669. The molecule has 1 aromatic heterocycles. The minimum Gasteiger partial charge on any atom is -0.465 e. The number of ketones is 1. The number of amides is 1. The molecule has 1 aliphatic heterocycles. The summed E-state index contributed by atoms with van der Waals surface area (Å²) < 4.78 is 5.84. The van der Waals surface area contributed by atoms with Crippen LogP contribution in [0.2, 0.25) is 0 Å². The number of carbonyl (C=O) groups is 2. The van der Waals surface area contributed by atoms with Crippen LogP contribution in [0.5, 0.6) is 0 Å². The standard InChI is InChI=1S/C25H25N3O3S/c1-14-6-4-7-18(16(14)3)27-22(30)13-32-25-17(12-26)23(21-11-10-15(2)31-21)24-19(28-25)8-5-9-20(24)29/h4,6-7,10-11,23,28H,5,8-9,13H2,1-3H3,(H,27,30)/t23-/m0/s1. The molecule has 0 saturated heterocycles. The summed E-state index contributed by atoms with van der Waals surface area (Å²) in [6, 6.07) is 11.7. The summed E-state index contributed by atoms with van der Waals surface area (Å²) in [4.78, 5) is 25.4. The fourth-order valence-corrected chi connectivity index (χ4v) is 5.00. The Balaban J connectivity index is 1.60. The summed E-state index contributed by atoms with van der Waals surface area (Å²) in [5, 5.41) is 16.9. The Morgan fingerprint density at radius 2 is 2.06 bits per heavy atom. The lowest BCUT2D eigenvalue weighted by Crippen LogP contribution is -2.31. The number of hydrogen-bond donors (Lipinski definition) is 2. The molecule has 0 spiro atoms. The van der Waals surface area contributed by atoms with Crippen molar-refractivity contribution in [3.63, 3.8) is 0 Å². The third kappa shape index (κ3) is 4.23. The second-order valence-electron chi connectivity index (χ2n) is 8.11. The molecule has 0 bridgehead atoms. The van der Waals surface area contributed by atoms with Gasteiger partial charge in [-0.05, 0) is 62.9 Å². The SMILES string of the molecule is Cc1ccc([C@@H]2C(C#N)=C(SCC(=O)Nc3cccc(C)c3C)NC3=C2C(=O)CCC3)o1. The summed E-state index contributed by atoms with van der Waals surface area (Å²) in [6.45, 7) is 5.82. The first-order valence-electron chi connectivity index (χ1n) is 10.6. The molecule has 4 rings (SSSR count). The molecule has 2 aromatic rings. The van der Waals surface area contributed by atoms with Crippen molar-refractivity contribution >= 4 is 29.1 Å². The molecule has 6 nitrogen and oxygen atoms in total. The van der Waals surface area contributed by atoms with Gasteiger partial charge in [0.2, 0.25) is 5.91 Å². The number of thioether (sulfide) groups is 1. The van der Waals surface area contributed by atoms with Gasteiger partial charge in [-0.15, -0.1) is 0 Å². The average Bonchev–Trinajstić information content (AvgIpc) is 3.20. The van der Waals surface area contributed by atoms with Crippen molar-refractivity contribution in [3.8, 4) is 6.07 Å². The van der Waals surface area contributed by atoms with Gasteiger partial charge in [-0.3, -0.25) is 9.59 Å². The zero-order chi connectivity index (χ0) is 22.8. The Kier molecular flexibility index (Phi) is 6.24. The molecule has 0 radical (unpaired) electrons. The number of rotatable bonds is 5. The molecule has 7 heteroatoms. The van der Waals surface area contributed by atoms with E-state index in [2.05, 4.69) is 16.7 Å². The topological polar surface area (TPSA) is 95.1 Å². The average molecular weight is 448 g/mol. The van der Waals surface area contributed by atoms with E-state index in [9.17, 15) is 14.9 Å². The Bertz CT molecular complexity index is 1200. The van der Waals surface area contributed by atoms with Gasteiger partial charge in [-0.2, -0.15) is 5.26 Å². The minimum absolute atomic E-state index is 0.0438. The van der Waals surface area contributed by atoms with Gasteiger partial charge in [0, 0.05) is 23.4 Å². The van der Waals surface area contributed by atoms with Crippen LogP contribution in [0, 0.1) is 32.1 Å². The largest absolute Gasteiger partial charge is 0.465 e. The smallest absolute Gasteiger partial charge is 0.234 e. The van der Waals surface area contributed by atoms with E-state index in [0.717, 1.165) is 41.1 Å². The number of anilines is 1. The van der Waals surface area contributed by atoms with Crippen molar-refractivity contribution in [1.29, 1.82) is 5.26 Å². The zero-order valence-corrected chi connectivity index (χ0v) is 19.2. The number of benzene rings is 1. The molecule has 0 saturated carbocycles. The van der Waals surface area contributed by atoms with E-state index in [-0.39, 0.29) is 17.4 Å². The maximum Gasteiger partial charge on any atom is 0.234 e. The van der Waals surface area contributed by atoms with E-state index in [1.165, 1.54) is 11.8 Å². The van der Waals surface area contributed by atoms with Gasteiger partial charge in [0.25, 0.3) is 0 Å². The van der Waals surface area contributed by atoms with Gasteiger partial charge in [0.15, 0.2) is 5.78 Å². The summed E-state index contributed by atoms with van der Waals surface area (Å²) in [7, 11) is 0. The number of aryl methyl sites for hydroxylation is 2. The third-order valence-electron chi connectivity index (χ3n) is 5.93. The Morgan fingerprint density at radius 1 is 1.25 bits per heavy atom. The van der Waals surface area contributed by atoms with E-state index in [4.69, 9.17) is 4.42 Å². The van der Waals surface area contributed by atoms with Crippen LogP contribution in [0.25, 0.3) is 0 Å². The van der Waals surface area contributed by atoms with Gasteiger partial charge in [0.1, 0.15) is 11.5 Å². The van der Waals surface area contributed by atoms with Crippen LogP contribution in [0.4, 0.5) is 5.69 Å². The van der Waals surface area contributed by atoms with E-state index >= 15 is 0 Å². The lowest BCUT2D eigenvalue weighted by molar-refractivity contribution is -0.116. The summed E-state index contributed by atoms with van der Waals surface area (Å²) in [6.07, 6.45) is 1.96. The number of hydrogen-bond acceptors (Lipinski definition) is 6. The van der Waals surface area contributed by atoms with E-state index in [1.807, 2.05) is 51.1 Å². The number of nitriles is 1. The first kappa shape index (κ1) is 22.0. The van der Waals surface area contributed by atoms with Crippen LogP contribution in [0.1, 0.15) is 47.8 Å². The molecule has 2 N–H and O–H groups in total. The number of Topliss-reactive ketones (excluding diaryl/α,β-unsaturated/α-hetero) is 1. The first-order chi connectivity index (χ1) is 15.4. The van der Waals surface area contributed by atoms with Crippen molar-refractivity contribution < 1.29 is 14.0 Å². The Morgan fingerprint density at radius 3 is 2.78 bits per heavy atom. The maximum atomic E-state index is 12.8. The molecule has 2 heterocycles. The highest BCUT2D eigenvalue weighted by Gasteiger charge is 2.38. The molecule has 1 aliphatic carbocycles. The third-order valence-corrected chi connectivity index (χ3v) is 6.95. The van der Waals surface area contributed by atoms with E-state index < -0.39 is 5.92 Å². The molecule has 0 unspecified atom stereocenters. The number of nitrogens with zero attached hydrogens (tertiary/aromatic N) is 1. The van der Waals surface area contributed by atoms with Crippen molar-refractivity contribution in [2.24, 2.45) is 0 Å². The van der Waals surface area contributed by atoms with E-state index in [0.29, 0.717) is 28.4 Å². The number of dihydropyridines is 1. The number of nitrogens with one attached hydrogen (secondary N) is 2. The Hall–Kier alpha value is -3.24. The van der Waals surface area contributed by atoms with Crippen LogP contribution in [0.15, 0.2) is 56.6 Å². The van der Waals surface area contributed by atoms with Gasteiger partial charge in [0.05, 0.1) is 28.3 Å². The highest BCUT2D eigenvalue weighted by molar-refractivity contribution is 8.03. The highest BCUT2D eigenvalue weighted by Crippen LogP contribution is 2.44. The zero-order valence-electron chi connectivity index (χ0n) is 18.4. The van der Waals surface area contributed by atoms with Crippen LogP contribution >= 0.6 is 11.8 Å². The summed E-state index contributed by atoms with van der Waals surface area (Å²) in [5.41, 5.74) is 4.79. The van der Waals surface area contributed by atoms with Crippen LogP contribution in [0.3, 0.4) is 0 Å². The number of furan rings is 1. The molecule has 0 fully saturated rings. The summed E-state index contributed by atoms with van der Waals surface area (Å²) >= 11 is 1.28. The predicted octanol–water partition coefficient (Wildman–Crippen LogP) is 5.01. The molecular formula is C25H25N3O3S. The van der Waals surface area contributed by atoms with Crippen molar-refractivity contribution in [2.45, 2.75) is 46.0 Å². The molecule has 164 valence electrons. The molecule has 2 aliphatic rings. The fraction of sp³-hybridized carbons (Fsp3) is 0.320. The Labute approximate surface area is 191 Å². The summed E-state index contributed by atoms with van der Waals surface area (Å²) in [5.74, 6) is 0.802. The lowest BCUT2D eigenvalue weighted by atomic mass is 9.79. The highest BCUT2D eigenvalue weighted by atomic mass is 32.2. The lowest BCUT2D eigenvalue weighted by Gasteiger charge is -2.32. The van der Waals surface area contributed by atoms with Crippen LogP contribution in [-0.2, 0) is 9.59 Å². The van der Waals surface area contributed by atoms with Crippen LogP contribution in [-0.4, -0.2) is 17.4 Å². The van der Waals surface area contributed by atoms with Crippen LogP contribution < -0.4 is 10.6 Å². The van der Waals surface area contributed by atoms with Crippen molar-refractivity contribution in [2.75, 3.05) is 11.1 Å². The monoisotopic (exact) mass is 447 g/mol. The van der Waals surface area contributed by atoms with Gasteiger partial charge >= 0.3 is 0 Å². The molecule has 1 amide bonds. The second-order valence-corrected chi connectivity index (χ2v) is 9.10. The fourth-order valence-electron chi connectivity index (χ4n) is 4.14. The molecular weight excluding hydrogens is 422 g/mol. The van der Waals surface area contributed by atoms with Crippen molar-refractivity contribution in [3.05, 3.63) is 74.9 Å². The van der Waals surface area contributed by atoms with E-state index in [1.54, 1.807) is 0 Å². The van der Waals surface area contributed by atoms with Gasteiger partial charge in [-0.25, -0.2) is 0 Å². The number of allylic oxidation sites excluding steroid dienone is 3. The normalized spacial score (nSPS) is 18.2. The molecule has 32 heavy (non-hydrogen) atoms. The van der Waals surface area contributed by atoms with Crippen molar-refractivity contribution in [1.82, 2.24) is 5.32 Å². The molecule has 1 atom stereocenters. The molecule has 1 aromatic carbocycles. The van der Waals surface area contributed by atoms with Gasteiger partial charge in [-0.1, -0.05) is 23.9 Å². The predicted molar refractivity (Wildman–Crippen MR) is 125 cm³/mol. The minimum atomic E-state index is -0.540. The van der Waals surface area contributed by atoms with Gasteiger partial charge < -0.3 is 15.1 Å². The number of carbonyl (C=O) groups excluding carboxylic acids is 2. The second kappa shape index (κ2) is 9.09.